The summed E-state index contributed by atoms with van der Waals surface area (Å²) in [7, 11) is 1.63. The van der Waals surface area contributed by atoms with Gasteiger partial charge in [-0.1, -0.05) is 30.7 Å². The summed E-state index contributed by atoms with van der Waals surface area (Å²) in [5.41, 5.74) is 0.954. The molecular formula is C17H19ClN4O2. The highest BCUT2D eigenvalue weighted by Gasteiger charge is 2.37. The molecule has 3 rings (SSSR count). The maximum absolute atomic E-state index is 12.6. The van der Waals surface area contributed by atoms with Gasteiger partial charge in [-0.05, 0) is 24.1 Å². The van der Waals surface area contributed by atoms with Crippen LogP contribution in [0.4, 0.5) is 5.82 Å². The smallest absolute Gasteiger partial charge is 0.261 e. The first kappa shape index (κ1) is 16.5. The first-order chi connectivity index (χ1) is 11.7. The lowest BCUT2D eigenvalue weighted by Crippen LogP contribution is -2.52. The molecule has 1 aliphatic rings. The minimum Gasteiger partial charge on any atom is -0.497 e. The van der Waals surface area contributed by atoms with E-state index in [1.165, 1.54) is 6.33 Å². The fraction of sp³-hybridized carbons (Fsp3) is 0.353. The second-order valence-electron chi connectivity index (χ2n) is 5.55. The first-order valence-electron chi connectivity index (χ1n) is 7.80. The van der Waals surface area contributed by atoms with Crippen LogP contribution < -0.4 is 9.64 Å². The lowest BCUT2D eigenvalue weighted by atomic mass is 10.1. The Kier molecular flexibility index (Phi) is 4.85. The molecule has 126 valence electrons. The van der Waals surface area contributed by atoms with E-state index in [1.807, 2.05) is 36.1 Å². The van der Waals surface area contributed by atoms with E-state index in [1.54, 1.807) is 18.2 Å². The molecule has 1 aromatic carbocycles. The lowest BCUT2D eigenvalue weighted by molar-refractivity contribution is 0.0711. The highest BCUT2D eigenvalue weighted by molar-refractivity contribution is 6.24. The molecule has 1 unspecified atom stereocenters. The van der Waals surface area contributed by atoms with Crippen LogP contribution in [0.3, 0.4) is 0 Å². The van der Waals surface area contributed by atoms with Gasteiger partial charge in [0.05, 0.1) is 7.11 Å². The number of carbonyl (C=O) groups excluding carboxylic acids is 1. The van der Waals surface area contributed by atoms with Gasteiger partial charge in [-0.25, -0.2) is 9.97 Å². The van der Waals surface area contributed by atoms with Gasteiger partial charge in [-0.2, -0.15) is 0 Å². The van der Waals surface area contributed by atoms with Gasteiger partial charge < -0.3 is 14.5 Å². The van der Waals surface area contributed by atoms with Crippen molar-refractivity contribution < 1.29 is 9.53 Å². The number of amides is 1. The van der Waals surface area contributed by atoms with Crippen LogP contribution in [-0.2, 0) is 6.54 Å². The van der Waals surface area contributed by atoms with E-state index in [9.17, 15) is 4.79 Å². The summed E-state index contributed by atoms with van der Waals surface area (Å²) >= 11 is 6.60. The molecule has 0 spiro atoms. The van der Waals surface area contributed by atoms with Gasteiger partial charge in [-0.15, -0.1) is 0 Å². The summed E-state index contributed by atoms with van der Waals surface area (Å²) in [6.45, 7) is 3.14. The Labute approximate surface area is 146 Å². The second kappa shape index (κ2) is 7.05. The van der Waals surface area contributed by atoms with E-state index in [0.29, 0.717) is 24.5 Å². The Morgan fingerprint density at radius 2 is 2.00 bits per heavy atom. The number of alkyl halides is 1. The van der Waals surface area contributed by atoms with Crippen LogP contribution in [-0.4, -0.2) is 40.1 Å². The third-order valence-electron chi connectivity index (χ3n) is 3.95. The van der Waals surface area contributed by atoms with Gasteiger partial charge in [0.1, 0.15) is 23.5 Å². The molecule has 1 amide bonds. The minimum atomic E-state index is -0.582. The Bertz CT molecular complexity index is 723. The van der Waals surface area contributed by atoms with Crippen molar-refractivity contribution in [3.05, 3.63) is 47.9 Å². The van der Waals surface area contributed by atoms with Crippen molar-refractivity contribution in [3.8, 4) is 5.75 Å². The van der Waals surface area contributed by atoms with Crippen LogP contribution in [0, 0.1) is 0 Å². The number of fused-ring (bicyclic) bond motifs is 1. The Hall–Kier alpha value is -2.34. The summed E-state index contributed by atoms with van der Waals surface area (Å²) < 4.78 is 5.19. The second-order valence-corrected chi connectivity index (χ2v) is 5.94. The minimum absolute atomic E-state index is 0.126. The van der Waals surface area contributed by atoms with Crippen LogP contribution >= 0.6 is 11.6 Å². The number of nitrogens with zero attached hydrogens (tertiary/aromatic N) is 4. The third-order valence-corrected chi connectivity index (χ3v) is 4.42. The summed E-state index contributed by atoms with van der Waals surface area (Å²) in [6, 6.07) is 7.75. The summed E-state index contributed by atoms with van der Waals surface area (Å²) in [5, 5.41) is 0. The molecule has 0 N–H and O–H groups in total. The molecule has 7 heteroatoms. The Morgan fingerprint density at radius 1 is 1.25 bits per heavy atom. The van der Waals surface area contributed by atoms with Gasteiger partial charge in [0.2, 0.25) is 0 Å². The summed E-state index contributed by atoms with van der Waals surface area (Å²) in [4.78, 5) is 24.5. The summed E-state index contributed by atoms with van der Waals surface area (Å²) in [5.74, 6) is 1.24. The predicted molar refractivity (Wildman–Crippen MR) is 92.2 cm³/mol. The zero-order valence-corrected chi connectivity index (χ0v) is 14.4. The lowest BCUT2D eigenvalue weighted by Gasteiger charge is -2.41. The number of benzene rings is 1. The number of carbonyl (C=O) groups is 1. The quantitative estimate of drug-likeness (QED) is 0.615. The van der Waals surface area contributed by atoms with Crippen molar-refractivity contribution in [3.63, 3.8) is 0 Å². The predicted octanol–water partition coefficient (Wildman–Crippen LogP) is 2.88. The van der Waals surface area contributed by atoms with Gasteiger partial charge >= 0.3 is 0 Å². The topological polar surface area (TPSA) is 58.6 Å². The van der Waals surface area contributed by atoms with Gasteiger partial charge in [0.15, 0.2) is 5.62 Å². The number of aromatic nitrogens is 2. The number of anilines is 1. The number of halogens is 1. The molecule has 0 radical (unpaired) electrons. The molecule has 0 bridgehead atoms. The largest absolute Gasteiger partial charge is 0.497 e. The molecule has 24 heavy (non-hydrogen) atoms. The van der Waals surface area contributed by atoms with E-state index in [-0.39, 0.29) is 5.91 Å². The number of hydrogen-bond donors (Lipinski definition) is 0. The van der Waals surface area contributed by atoms with Gasteiger partial charge in [0, 0.05) is 19.3 Å². The van der Waals surface area contributed by atoms with E-state index in [4.69, 9.17) is 16.3 Å². The zero-order valence-electron chi connectivity index (χ0n) is 13.6. The van der Waals surface area contributed by atoms with Gasteiger partial charge in [0.25, 0.3) is 5.91 Å². The van der Waals surface area contributed by atoms with Crippen molar-refractivity contribution >= 4 is 23.3 Å². The fourth-order valence-corrected chi connectivity index (χ4v) is 3.10. The summed E-state index contributed by atoms with van der Waals surface area (Å²) in [6.07, 6.45) is 3.82. The average molecular weight is 347 g/mol. The van der Waals surface area contributed by atoms with Crippen LogP contribution in [0.5, 0.6) is 5.75 Å². The van der Waals surface area contributed by atoms with E-state index in [2.05, 4.69) is 9.97 Å². The molecule has 0 saturated carbocycles. The number of methoxy groups -OCH3 is 1. The highest BCUT2D eigenvalue weighted by Crippen LogP contribution is 2.32. The van der Waals surface area contributed by atoms with Crippen molar-refractivity contribution in [2.24, 2.45) is 0 Å². The maximum Gasteiger partial charge on any atom is 0.261 e. The van der Waals surface area contributed by atoms with E-state index < -0.39 is 5.62 Å². The highest BCUT2D eigenvalue weighted by atomic mass is 35.5. The Balaban J connectivity index is 1.94. The molecule has 0 saturated heterocycles. The average Bonchev–Trinajstić information content (AvgIpc) is 2.63. The molecule has 1 aliphatic heterocycles. The Morgan fingerprint density at radius 3 is 2.67 bits per heavy atom. The SMILES string of the molecule is CCCN1C(=O)c2cncnc2N(Cc2ccc(OC)cc2)C1Cl. The standard InChI is InChI=1S/C17H19ClN4O2/c1-3-8-21-16(23)14-9-19-11-20-15(14)22(17(21)18)10-12-4-6-13(24-2)7-5-12/h4-7,9,11,17H,3,8,10H2,1-2H3. The molecule has 1 aromatic heterocycles. The van der Waals surface area contributed by atoms with Crippen LogP contribution in [0.25, 0.3) is 0 Å². The van der Waals surface area contributed by atoms with Crippen LogP contribution in [0.15, 0.2) is 36.8 Å². The molecular weight excluding hydrogens is 328 g/mol. The fourth-order valence-electron chi connectivity index (χ4n) is 2.75. The van der Waals surface area contributed by atoms with Crippen LogP contribution in [0.2, 0.25) is 0 Å². The van der Waals surface area contributed by atoms with Crippen LogP contribution in [0.1, 0.15) is 29.3 Å². The van der Waals surface area contributed by atoms with Crippen molar-refractivity contribution in [1.29, 1.82) is 0 Å². The number of ether oxygens (including phenoxy) is 1. The van der Waals surface area contributed by atoms with Gasteiger partial charge in [-0.3, -0.25) is 4.79 Å². The van der Waals surface area contributed by atoms with E-state index in [0.717, 1.165) is 17.7 Å². The molecule has 1 atom stereocenters. The van der Waals surface area contributed by atoms with Crippen molar-refractivity contribution in [2.75, 3.05) is 18.6 Å². The van der Waals surface area contributed by atoms with E-state index >= 15 is 0 Å². The number of hydrogen-bond acceptors (Lipinski definition) is 5. The monoisotopic (exact) mass is 346 g/mol. The normalized spacial score (nSPS) is 17.0. The zero-order chi connectivity index (χ0) is 17.1. The molecule has 2 aromatic rings. The maximum atomic E-state index is 12.6. The number of rotatable bonds is 5. The molecule has 0 fully saturated rings. The third kappa shape index (κ3) is 3.01. The molecule has 0 aliphatic carbocycles. The molecule has 6 nitrogen and oxygen atoms in total. The first-order valence-corrected chi connectivity index (χ1v) is 8.24. The van der Waals surface area contributed by atoms with Crippen molar-refractivity contribution in [1.82, 2.24) is 14.9 Å². The molecule has 2 heterocycles. The van der Waals surface area contributed by atoms with Crippen molar-refractivity contribution in [2.45, 2.75) is 25.5 Å².